The van der Waals surface area contributed by atoms with Crippen molar-refractivity contribution >= 4 is 11.6 Å². The third-order valence-corrected chi connectivity index (χ3v) is 3.74. The molecule has 0 unspecified atom stereocenters. The summed E-state index contributed by atoms with van der Waals surface area (Å²) in [5.74, 6) is -0.0820. The van der Waals surface area contributed by atoms with Crippen LogP contribution < -0.4 is 11.1 Å². The molecule has 0 aliphatic carbocycles. The molecule has 2 rings (SSSR count). The summed E-state index contributed by atoms with van der Waals surface area (Å²) in [5.41, 5.74) is 6.88. The summed E-state index contributed by atoms with van der Waals surface area (Å²) < 4.78 is 0. The van der Waals surface area contributed by atoms with Crippen molar-refractivity contribution in [2.75, 3.05) is 52.0 Å². The summed E-state index contributed by atoms with van der Waals surface area (Å²) in [5, 5.41) is 2.93. The Bertz CT molecular complexity index is 441. The molecular formula is C15H24N4O. The van der Waals surface area contributed by atoms with Crippen molar-refractivity contribution in [3.8, 4) is 0 Å². The van der Waals surface area contributed by atoms with Gasteiger partial charge in [-0.15, -0.1) is 0 Å². The standard InChI is InChI=1S/C15H24N4O/c1-18-9-11-19(12-10-18)8-4-7-17-15(20)13-5-2-3-6-14(13)16/h2-3,5-6H,4,7-12,16H2,1H3,(H,17,20). The first-order chi connectivity index (χ1) is 9.66. The molecule has 20 heavy (non-hydrogen) atoms. The number of amides is 1. The van der Waals surface area contributed by atoms with Gasteiger partial charge in [0.05, 0.1) is 5.56 Å². The fourth-order valence-corrected chi connectivity index (χ4v) is 2.38. The van der Waals surface area contributed by atoms with E-state index < -0.39 is 0 Å². The molecule has 3 N–H and O–H groups in total. The molecule has 1 fully saturated rings. The average molecular weight is 276 g/mol. The number of nitrogens with one attached hydrogen (secondary N) is 1. The Labute approximate surface area is 120 Å². The number of piperazine rings is 1. The van der Waals surface area contributed by atoms with Gasteiger partial charge in [0.25, 0.3) is 5.91 Å². The summed E-state index contributed by atoms with van der Waals surface area (Å²) in [6.45, 7) is 6.24. The third-order valence-electron chi connectivity index (χ3n) is 3.74. The van der Waals surface area contributed by atoms with E-state index in [4.69, 9.17) is 5.73 Å². The van der Waals surface area contributed by atoms with Gasteiger partial charge in [-0.2, -0.15) is 0 Å². The number of nitrogens with two attached hydrogens (primary N) is 1. The van der Waals surface area contributed by atoms with Crippen LogP contribution in [0.15, 0.2) is 24.3 Å². The zero-order valence-corrected chi connectivity index (χ0v) is 12.1. The quantitative estimate of drug-likeness (QED) is 0.612. The molecule has 0 bridgehead atoms. The van der Waals surface area contributed by atoms with E-state index in [1.54, 1.807) is 12.1 Å². The highest BCUT2D eigenvalue weighted by Gasteiger charge is 2.13. The molecular weight excluding hydrogens is 252 g/mol. The Morgan fingerprint density at radius 1 is 1.25 bits per heavy atom. The topological polar surface area (TPSA) is 61.6 Å². The Morgan fingerprint density at radius 3 is 2.65 bits per heavy atom. The molecule has 1 heterocycles. The normalized spacial score (nSPS) is 17.1. The fraction of sp³-hybridized carbons (Fsp3) is 0.533. The average Bonchev–Trinajstić information content (AvgIpc) is 2.46. The summed E-state index contributed by atoms with van der Waals surface area (Å²) in [6, 6.07) is 7.17. The van der Waals surface area contributed by atoms with E-state index in [2.05, 4.69) is 22.2 Å². The monoisotopic (exact) mass is 276 g/mol. The van der Waals surface area contributed by atoms with Crippen LogP contribution in [0.2, 0.25) is 0 Å². The van der Waals surface area contributed by atoms with Crippen LogP contribution in [-0.2, 0) is 0 Å². The van der Waals surface area contributed by atoms with Gasteiger partial charge in [0.1, 0.15) is 0 Å². The lowest BCUT2D eigenvalue weighted by Crippen LogP contribution is -2.45. The number of para-hydroxylation sites is 1. The first kappa shape index (κ1) is 14.8. The van der Waals surface area contributed by atoms with Crippen molar-refractivity contribution in [3.63, 3.8) is 0 Å². The number of carbonyl (C=O) groups is 1. The van der Waals surface area contributed by atoms with Gasteiger partial charge in [0.2, 0.25) is 0 Å². The number of nitrogens with zero attached hydrogens (tertiary/aromatic N) is 2. The Balaban J connectivity index is 1.66. The Morgan fingerprint density at radius 2 is 1.95 bits per heavy atom. The molecule has 0 atom stereocenters. The van der Waals surface area contributed by atoms with Gasteiger partial charge in [-0.3, -0.25) is 4.79 Å². The summed E-state index contributed by atoms with van der Waals surface area (Å²) in [6.07, 6.45) is 0.974. The number of nitrogen functional groups attached to an aromatic ring is 1. The number of carbonyl (C=O) groups excluding carboxylic acids is 1. The number of hydrogen-bond acceptors (Lipinski definition) is 4. The van der Waals surface area contributed by atoms with Crippen molar-refractivity contribution in [1.29, 1.82) is 0 Å². The van der Waals surface area contributed by atoms with Gasteiger partial charge in [0.15, 0.2) is 0 Å². The lowest BCUT2D eigenvalue weighted by atomic mass is 10.1. The predicted octanol–water partition coefficient (Wildman–Crippen LogP) is 0.636. The molecule has 0 radical (unpaired) electrons. The number of benzene rings is 1. The van der Waals surface area contributed by atoms with E-state index in [0.29, 0.717) is 17.8 Å². The molecule has 0 saturated carbocycles. The highest BCUT2D eigenvalue weighted by atomic mass is 16.1. The second-order valence-corrected chi connectivity index (χ2v) is 5.34. The first-order valence-electron chi connectivity index (χ1n) is 7.20. The van der Waals surface area contributed by atoms with E-state index in [1.165, 1.54) is 0 Å². The van der Waals surface area contributed by atoms with Crippen molar-refractivity contribution in [2.24, 2.45) is 0 Å². The van der Waals surface area contributed by atoms with E-state index in [0.717, 1.165) is 39.1 Å². The molecule has 1 aromatic rings. The molecule has 5 nitrogen and oxygen atoms in total. The number of rotatable bonds is 5. The zero-order chi connectivity index (χ0) is 14.4. The van der Waals surface area contributed by atoms with Crippen LogP contribution in [0.25, 0.3) is 0 Å². The number of likely N-dealkylation sites (N-methyl/N-ethyl adjacent to an activating group) is 1. The van der Waals surface area contributed by atoms with Gasteiger partial charge < -0.3 is 20.9 Å². The van der Waals surface area contributed by atoms with Crippen molar-refractivity contribution in [2.45, 2.75) is 6.42 Å². The number of hydrogen-bond donors (Lipinski definition) is 2. The molecule has 110 valence electrons. The van der Waals surface area contributed by atoms with Crippen LogP contribution in [0.3, 0.4) is 0 Å². The molecule has 1 aromatic carbocycles. The van der Waals surface area contributed by atoms with Crippen LogP contribution in [-0.4, -0.2) is 62.0 Å². The maximum absolute atomic E-state index is 11.9. The molecule has 0 spiro atoms. The van der Waals surface area contributed by atoms with Crippen LogP contribution in [0.1, 0.15) is 16.8 Å². The molecule has 1 saturated heterocycles. The second kappa shape index (κ2) is 7.26. The van der Waals surface area contributed by atoms with Gasteiger partial charge >= 0.3 is 0 Å². The van der Waals surface area contributed by atoms with E-state index in [-0.39, 0.29) is 5.91 Å². The van der Waals surface area contributed by atoms with Gasteiger partial charge in [-0.05, 0) is 32.1 Å². The van der Waals surface area contributed by atoms with Gasteiger partial charge in [-0.25, -0.2) is 0 Å². The predicted molar refractivity (Wildman–Crippen MR) is 81.7 cm³/mol. The lowest BCUT2D eigenvalue weighted by Gasteiger charge is -2.32. The van der Waals surface area contributed by atoms with Crippen molar-refractivity contribution in [1.82, 2.24) is 15.1 Å². The van der Waals surface area contributed by atoms with Gasteiger partial charge in [0, 0.05) is 38.4 Å². The minimum Gasteiger partial charge on any atom is -0.398 e. The minimum absolute atomic E-state index is 0.0820. The van der Waals surface area contributed by atoms with Crippen LogP contribution in [0.4, 0.5) is 5.69 Å². The first-order valence-corrected chi connectivity index (χ1v) is 7.20. The number of anilines is 1. The zero-order valence-electron chi connectivity index (χ0n) is 12.1. The highest BCUT2D eigenvalue weighted by Crippen LogP contribution is 2.09. The Hall–Kier alpha value is -1.59. The molecule has 0 aromatic heterocycles. The van der Waals surface area contributed by atoms with E-state index in [1.807, 2.05) is 12.1 Å². The molecule has 1 amide bonds. The van der Waals surface area contributed by atoms with Crippen molar-refractivity contribution < 1.29 is 4.79 Å². The smallest absolute Gasteiger partial charge is 0.253 e. The fourth-order valence-electron chi connectivity index (χ4n) is 2.38. The van der Waals surface area contributed by atoms with Crippen LogP contribution in [0, 0.1) is 0 Å². The highest BCUT2D eigenvalue weighted by molar-refractivity contribution is 5.98. The summed E-state index contributed by atoms with van der Waals surface area (Å²) >= 11 is 0. The lowest BCUT2D eigenvalue weighted by molar-refractivity contribution is 0.0950. The largest absolute Gasteiger partial charge is 0.398 e. The van der Waals surface area contributed by atoms with E-state index in [9.17, 15) is 4.79 Å². The minimum atomic E-state index is -0.0820. The maximum atomic E-state index is 11.9. The third kappa shape index (κ3) is 4.21. The second-order valence-electron chi connectivity index (χ2n) is 5.34. The maximum Gasteiger partial charge on any atom is 0.253 e. The molecule has 5 heteroatoms. The summed E-state index contributed by atoms with van der Waals surface area (Å²) in [4.78, 5) is 16.7. The molecule has 1 aliphatic rings. The van der Waals surface area contributed by atoms with Crippen LogP contribution in [0.5, 0.6) is 0 Å². The summed E-state index contributed by atoms with van der Waals surface area (Å²) in [7, 11) is 2.15. The Kier molecular flexibility index (Phi) is 5.38. The van der Waals surface area contributed by atoms with Crippen molar-refractivity contribution in [3.05, 3.63) is 29.8 Å². The van der Waals surface area contributed by atoms with Crippen LogP contribution >= 0.6 is 0 Å². The van der Waals surface area contributed by atoms with E-state index >= 15 is 0 Å². The van der Waals surface area contributed by atoms with Gasteiger partial charge in [-0.1, -0.05) is 12.1 Å². The SMILES string of the molecule is CN1CCN(CCCNC(=O)c2ccccc2N)CC1. The molecule has 1 aliphatic heterocycles.